The lowest BCUT2D eigenvalue weighted by molar-refractivity contribution is 0.0474. The zero-order valence-corrected chi connectivity index (χ0v) is 10.1. The van der Waals surface area contributed by atoms with Gasteiger partial charge in [0, 0.05) is 0 Å². The Labute approximate surface area is 102 Å². The van der Waals surface area contributed by atoms with Gasteiger partial charge in [-0.05, 0) is 6.92 Å². The van der Waals surface area contributed by atoms with Gasteiger partial charge in [0.05, 0.1) is 20.8 Å². The number of rotatable bonds is 4. The topological polar surface area (TPSA) is 92.0 Å². The number of carbonyl (C=O) groups is 2. The van der Waals surface area contributed by atoms with Crippen LogP contribution in [-0.2, 0) is 9.47 Å². The Bertz CT molecular complexity index is 515. The van der Waals surface area contributed by atoms with Crippen LogP contribution in [0.4, 0.5) is 0 Å². The lowest BCUT2D eigenvalue weighted by Gasteiger charge is -2.06. The molecule has 0 N–H and O–H groups in total. The molecule has 0 unspecified atom stereocenters. The SMILES string of the molecule is CCOC(=O)c1occ(C(=O)OC)c(=O)c1OC. The number of ether oxygens (including phenoxy) is 3. The minimum Gasteiger partial charge on any atom is -0.489 e. The summed E-state index contributed by atoms with van der Waals surface area (Å²) < 4.78 is 18.7. The second-order valence-electron chi connectivity index (χ2n) is 3.05. The second-order valence-corrected chi connectivity index (χ2v) is 3.05. The summed E-state index contributed by atoms with van der Waals surface area (Å²) in [5.74, 6) is -2.51. The Morgan fingerprint density at radius 3 is 2.44 bits per heavy atom. The lowest BCUT2D eigenvalue weighted by atomic mass is 10.2. The van der Waals surface area contributed by atoms with Crippen molar-refractivity contribution >= 4 is 11.9 Å². The average molecular weight is 256 g/mol. The molecule has 7 nitrogen and oxygen atoms in total. The molecule has 0 spiro atoms. The molecule has 1 rings (SSSR count). The van der Waals surface area contributed by atoms with Gasteiger partial charge in [0.15, 0.2) is 0 Å². The number of carbonyl (C=O) groups excluding carboxylic acids is 2. The first-order valence-corrected chi connectivity index (χ1v) is 5.02. The van der Waals surface area contributed by atoms with E-state index in [-0.39, 0.29) is 12.2 Å². The highest BCUT2D eigenvalue weighted by Crippen LogP contribution is 2.16. The monoisotopic (exact) mass is 256 g/mol. The van der Waals surface area contributed by atoms with Crippen LogP contribution in [0.15, 0.2) is 15.5 Å². The largest absolute Gasteiger partial charge is 0.489 e. The zero-order chi connectivity index (χ0) is 13.7. The first-order chi connectivity index (χ1) is 8.56. The Balaban J connectivity index is 3.34. The summed E-state index contributed by atoms with van der Waals surface area (Å²) in [4.78, 5) is 34.6. The van der Waals surface area contributed by atoms with Gasteiger partial charge < -0.3 is 18.6 Å². The Hall–Kier alpha value is -2.31. The van der Waals surface area contributed by atoms with Gasteiger partial charge >= 0.3 is 11.9 Å². The van der Waals surface area contributed by atoms with E-state index in [4.69, 9.17) is 9.15 Å². The van der Waals surface area contributed by atoms with Gasteiger partial charge in [0.2, 0.25) is 11.2 Å². The Kier molecular flexibility index (Phi) is 4.47. The van der Waals surface area contributed by atoms with Crippen LogP contribution in [0, 0.1) is 0 Å². The van der Waals surface area contributed by atoms with E-state index in [2.05, 4.69) is 9.47 Å². The van der Waals surface area contributed by atoms with Crippen LogP contribution in [0.5, 0.6) is 5.75 Å². The van der Waals surface area contributed by atoms with E-state index in [1.165, 1.54) is 7.11 Å². The van der Waals surface area contributed by atoms with Gasteiger partial charge in [0.25, 0.3) is 5.76 Å². The maximum atomic E-state index is 11.8. The molecule has 98 valence electrons. The summed E-state index contributed by atoms with van der Waals surface area (Å²) in [5.41, 5.74) is -1.15. The first-order valence-electron chi connectivity index (χ1n) is 5.02. The summed E-state index contributed by atoms with van der Waals surface area (Å²) in [7, 11) is 2.30. The van der Waals surface area contributed by atoms with Gasteiger partial charge in [-0.1, -0.05) is 0 Å². The van der Waals surface area contributed by atoms with Crippen LogP contribution < -0.4 is 10.2 Å². The molecule has 0 amide bonds. The van der Waals surface area contributed by atoms with Crippen molar-refractivity contribution in [3.05, 3.63) is 27.8 Å². The van der Waals surface area contributed by atoms with Crippen molar-refractivity contribution in [3.8, 4) is 5.75 Å². The molecule has 1 heterocycles. The van der Waals surface area contributed by atoms with Crippen LogP contribution in [-0.4, -0.2) is 32.8 Å². The predicted octanol–water partition coefficient (Wildman–Crippen LogP) is 0.612. The molecule has 0 radical (unpaired) electrons. The smallest absolute Gasteiger partial charge is 0.378 e. The summed E-state index contributed by atoms with van der Waals surface area (Å²) in [6.45, 7) is 1.72. The van der Waals surface area contributed by atoms with Crippen molar-refractivity contribution in [2.75, 3.05) is 20.8 Å². The van der Waals surface area contributed by atoms with Gasteiger partial charge in [0.1, 0.15) is 11.8 Å². The van der Waals surface area contributed by atoms with Crippen LogP contribution in [0.25, 0.3) is 0 Å². The summed E-state index contributed by atoms with van der Waals surface area (Å²) >= 11 is 0. The number of methoxy groups -OCH3 is 2. The van der Waals surface area contributed by atoms with Crippen molar-refractivity contribution in [2.45, 2.75) is 6.92 Å². The molecule has 0 fully saturated rings. The van der Waals surface area contributed by atoms with Crippen molar-refractivity contribution in [1.29, 1.82) is 0 Å². The third-order valence-corrected chi connectivity index (χ3v) is 2.02. The molecule has 0 bridgehead atoms. The van der Waals surface area contributed by atoms with Crippen molar-refractivity contribution < 1.29 is 28.2 Å². The van der Waals surface area contributed by atoms with Gasteiger partial charge in [-0.25, -0.2) is 9.59 Å². The zero-order valence-electron chi connectivity index (χ0n) is 10.1. The fourth-order valence-corrected chi connectivity index (χ4v) is 1.22. The van der Waals surface area contributed by atoms with E-state index >= 15 is 0 Å². The molecule has 0 aliphatic rings. The molecule has 18 heavy (non-hydrogen) atoms. The maximum absolute atomic E-state index is 11.8. The Morgan fingerprint density at radius 1 is 1.28 bits per heavy atom. The fourth-order valence-electron chi connectivity index (χ4n) is 1.22. The van der Waals surface area contributed by atoms with Crippen LogP contribution in [0.3, 0.4) is 0 Å². The van der Waals surface area contributed by atoms with Crippen molar-refractivity contribution in [1.82, 2.24) is 0 Å². The number of esters is 2. The van der Waals surface area contributed by atoms with E-state index in [0.29, 0.717) is 0 Å². The van der Waals surface area contributed by atoms with E-state index in [1.54, 1.807) is 6.92 Å². The highest BCUT2D eigenvalue weighted by atomic mass is 16.6. The number of hydrogen-bond donors (Lipinski definition) is 0. The lowest BCUT2D eigenvalue weighted by Crippen LogP contribution is -2.21. The predicted molar refractivity (Wildman–Crippen MR) is 58.8 cm³/mol. The highest BCUT2D eigenvalue weighted by Gasteiger charge is 2.24. The number of hydrogen-bond acceptors (Lipinski definition) is 7. The first kappa shape index (κ1) is 13.8. The van der Waals surface area contributed by atoms with Crippen LogP contribution in [0.2, 0.25) is 0 Å². The molecule has 0 atom stereocenters. The molecule has 1 aromatic heterocycles. The third-order valence-electron chi connectivity index (χ3n) is 2.02. The molecular formula is C11H12O7. The normalized spacial score (nSPS) is 9.72. The Morgan fingerprint density at radius 2 is 1.94 bits per heavy atom. The summed E-state index contributed by atoms with van der Waals surface area (Å²) in [6.07, 6.45) is 0.836. The second kappa shape index (κ2) is 5.85. The van der Waals surface area contributed by atoms with Crippen molar-refractivity contribution in [2.24, 2.45) is 0 Å². The fraction of sp³-hybridized carbons (Fsp3) is 0.364. The standard InChI is InChI=1S/C11H12O7/c1-4-17-11(14)9-8(15-2)7(12)6(5-18-9)10(13)16-3/h5H,4H2,1-3H3. The summed E-state index contributed by atoms with van der Waals surface area (Å²) in [6, 6.07) is 0. The third kappa shape index (κ3) is 2.50. The molecule has 7 heteroatoms. The van der Waals surface area contributed by atoms with E-state index in [9.17, 15) is 14.4 Å². The van der Waals surface area contributed by atoms with E-state index in [1.807, 2.05) is 0 Å². The minimum absolute atomic E-state index is 0.116. The molecule has 0 aliphatic heterocycles. The molecule has 0 saturated carbocycles. The minimum atomic E-state index is -0.877. The molecule has 1 aromatic rings. The average Bonchev–Trinajstić information content (AvgIpc) is 2.37. The maximum Gasteiger partial charge on any atom is 0.378 e. The van der Waals surface area contributed by atoms with Crippen LogP contribution in [0.1, 0.15) is 27.8 Å². The molecule has 0 aromatic carbocycles. The molecule has 0 saturated heterocycles. The van der Waals surface area contributed by atoms with Gasteiger partial charge in [-0.15, -0.1) is 0 Å². The quantitative estimate of drug-likeness (QED) is 0.728. The highest BCUT2D eigenvalue weighted by molar-refractivity contribution is 5.92. The van der Waals surface area contributed by atoms with E-state index in [0.717, 1.165) is 13.4 Å². The van der Waals surface area contributed by atoms with E-state index < -0.39 is 28.9 Å². The van der Waals surface area contributed by atoms with Gasteiger partial charge in [-0.3, -0.25) is 4.79 Å². The summed E-state index contributed by atoms with van der Waals surface area (Å²) in [5, 5.41) is 0. The van der Waals surface area contributed by atoms with Crippen molar-refractivity contribution in [3.63, 3.8) is 0 Å². The molecular weight excluding hydrogens is 244 g/mol. The molecule has 0 aliphatic carbocycles. The van der Waals surface area contributed by atoms with Crippen LogP contribution >= 0.6 is 0 Å². The van der Waals surface area contributed by atoms with Gasteiger partial charge in [-0.2, -0.15) is 0 Å².